The van der Waals surface area contributed by atoms with Gasteiger partial charge >= 0.3 is 5.97 Å². The number of hydrogen-bond acceptors (Lipinski definition) is 6. The summed E-state index contributed by atoms with van der Waals surface area (Å²) in [4.78, 5) is 15.2. The maximum absolute atomic E-state index is 12.0. The molecule has 0 amide bonds. The highest BCUT2D eigenvalue weighted by Crippen LogP contribution is 2.10. The molecule has 2 aromatic rings. The van der Waals surface area contributed by atoms with E-state index in [1.54, 1.807) is 18.2 Å². The minimum atomic E-state index is -3.55. The summed E-state index contributed by atoms with van der Waals surface area (Å²) >= 11 is 0. The highest BCUT2D eigenvalue weighted by Gasteiger charge is 2.14. The number of benzene rings is 1. The molecule has 0 unspecified atom stereocenters. The summed E-state index contributed by atoms with van der Waals surface area (Å²) < 4.78 is 30.9. The quantitative estimate of drug-likeness (QED) is 0.737. The van der Waals surface area contributed by atoms with Gasteiger partial charge in [0.1, 0.15) is 12.2 Å². The molecule has 0 fully saturated rings. The topological polar surface area (TPSA) is 114 Å². The van der Waals surface area contributed by atoms with E-state index < -0.39 is 16.0 Å². The molecule has 21 heavy (non-hydrogen) atoms. The van der Waals surface area contributed by atoms with Crippen molar-refractivity contribution in [1.29, 1.82) is 0 Å². The first-order chi connectivity index (χ1) is 10.00. The Bertz CT molecular complexity index is 713. The molecule has 0 saturated heterocycles. The van der Waals surface area contributed by atoms with E-state index in [9.17, 15) is 13.2 Å². The Balaban J connectivity index is 2.04. The normalized spacial score (nSPS) is 11.3. The van der Waals surface area contributed by atoms with Crippen molar-refractivity contribution in [3.05, 3.63) is 47.5 Å². The molecule has 2 N–H and O–H groups in total. The van der Waals surface area contributed by atoms with Crippen molar-refractivity contribution in [2.45, 2.75) is 12.3 Å². The van der Waals surface area contributed by atoms with Crippen LogP contribution in [0.15, 0.2) is 30.6 Å². The van der Waals surface area contributed by atoms with Crippen molar-refractivity contribution in [3.8, 4) is 0 Å². The fraction of sp³-hybridized carbons (Fsp3) is 0.250. The van der Waals surface area contributed by atoms with Crippen LogP contribution in [0, 0.1) is 0 Å². The molecule has 0 bridgehead atoms. The minimum absolute atomic E-state index is 0.0268. The third-order valence-electron chi connectivity index (χ3n) is 2.63. The third-order valence-corrected chi connectivity index (χ3v) is 3.93. The number of nitrogens with one attached hydrogen (secondary N) is 2. The van der Waals surface area contributed by atoms with Gasteiger partial charge in [0, 0.05) is 0 Å². The van der Waals surface area contributed by atoms with Crippen LogP contribution in [0.2, 0.25) is 0 Å². The third kappa shape index (κ3) is 4.36. The Hall–Kier alpha value is -2.26. The lowest BCUT2D eigenvalue weighted by Gasteiger charge is -2.06. The van der Waals surface area contributed by atoms with Crippen molar-refractivity contribution in [2.24, 2.45) is 0 Å². The number of rotatable bonds is 6. The lowest BCUT2D eigenvalue weighted by Crippen LogP contribution is -2.25. The fourth-order valence-electron chi connectivity index (χ4n) is 1.67. The summed E-state index contributed by atoms with van der Waals surface area (Å²) in [5.74, 6) is -0.336. The van der Waals surface area contributed by atoms with E-state index in [1.165, 1.54) is 19.5 Å². The molecule has 9 heteroatoms. The first-order valence-electron chi connectivity index (χ1n) is 5.99. The monoisotopic (exact) mass is 310 g/mol. The molecule has 8 nitrogen and oxygen atoms in total. The average Bonchev–Trinajstić information content (AvgIpc) is 2.97. The molecule has 1 aromatic carbocycles. The van der Waals surface area contributed by atoms with Crippen LogP contribution >= 0.6 is 0 Å². The van der Waals surface area contributed by atoms with Gasteiger partial charge in [-0.3, -0.25) is 5.10 Å². The zero-order valence-electron chi connectivity index (χ0n) is 11.2. The Kier molecular flexibility index (Phi) is 4.66. The number of ether oxygens (including phenoxy) is 1. The zero-order chi connectivity index (χ0) is 15.3. The fourth-order valence-corrected chi connectivity index (χ4v) is 2.75. The van der Waals surface area contributed by atoms with Gasteiger partial charge in [-0.2, -0.15) is 5.10 Å². The van der Waals surface area contributed by atoms with Crippen LogP contribution < -0.4 is 4.72 Å². The van der Waals surface area contributed by atoms with E-state index in [0.717, 1.165) is 0 Å². The molecule has 0 atom stereocenters. The summed E-state index contributed by atoms with van der Waals surface area (Å²) in [6.07, 6.45) is 1.30. The van der Waals surface area contributed by atoms with Crippen molar-refractivity contribution in [2.75, 3.05) is 7.11 Å². The maximum atomic E-state index is 12.0. The lowest BCUT2D eigenvalue weighted by molar-refractivity contribution is 0.0600. The number of carbonyl (C=O) groups is 1. The molecule has 112 valence electrons. The van der Waals surface area contributed by atoms with E-state index >= 15 is 0 Å². The number of methoxy groups -OCH3 is 1. The van der Waals surface area contributed by atoms with E-state index in [0.29, 0.717) is 17.0 Å². The number of sulfonamides is 1. The number of carbonyl (C=O) groups excluding carboxylic acids is 1. The summed E-state index contributed by atoms with van der Waals surface area (Å²) in [5.41, 5.74) is 0.795. The molecule has 2 rings (SSSR count). The first-order valence-corrected chi connectivity index (χ1v) is 7.64. The summed E-state index contributed by atoms with van der Waals surface area (Å²) in [7, 11) is -2.28. The van der Waals surface area contributed by atoms with E-state index in [4.69, 9.17) is 0 Å². The van der Waals surface area contributed by atoms with Gasteiger partial charge in [0.25, 0.3) is 0 Å². The van der Waals surface area contributed by atoms with Crippen LogP contribution in [0.1, 0.15) is 21.7 Å². The van der Waals surface area contributed by atoms with Gasteiger partial charge in [-0.1, -0.05) is 12.1 Å². The van der Waals surface area contributed by atoms with Gasteiger partial charge in [0.05, 0.1) is 25.0 Å². The molecule has 0 radical (unpaired) electrons. The standard InChI is InChI=1S/C12H14N4O4S/c1-20-12(17)10-4-2-3-9(5-10)7-21(18,19)15-6-11-13-8-14-16-11/h2-5,8,15H,6-7H2,1H3,(H,13,14,16). The number of nitrogens with zero attached hydrogens (tertiary/aromatic N) is 2. The summed E-state index contributed by atoms with van der Waals surface area (Å²) in [6, 6.07) is 6.27. The number of aromatic nitrogens is 3. The van der Waals surface area contributed by atoms with Gasteiger partial charge in [0.15, 0.2) is 0 Å². The second kappa shape index (κ2) is 6.46. The van der Waals surface area contributed by atoms with Crippen LogP contribution in [0.5, 0.6) is 0 Å². The first kappa shape index (κ1) is 15.1. The molecular formula is C12H14N4O4S. The molecule has 0 aliphatic heterocycles. The SMILES string of the molecule is COC(=O)c1cccc(CS(=O)(=O)NCc2ncn[nH]2)c1. The molecule has 1 heterocycles. The Labute approximate surface area is 121 Å². The predicted molar refractivity (Wildman–Crippen MR) is 73.6 cm³/mol. The molecule has 0 aliphatic rings. The van der Waals surface area contributed by atoms with Gasteiger partial charge in [-0.25, -0.2) is 22.9 Å². The second-order valence-corrected chi connectivity index (χ2v) is 6.01. The van der Waals surface area contributed by atoms with Crippen LogP contribution in [-0.4, -0.2) is 36.7 Å². The van der Waals surface area contributed by atoms with Crippen LogP contribution in [0.25, 0.3) is 0 Å². The van der Waals surface area contributed by atoms with E-state index in [2.05, 4.69) is 24.6 Å². The van der Waals surface area contributed by atoms with Gasteiger partial charge in [0.2, 0.25) is 10.0 Å². The highest BCUT2D eigenvalue weighted by molar-refractivity contribution is 7.88. The number of hydrogen-bond donors (Lipinski definition) is 2. The maximum Gasteiger partial charge on any atom is 0.337 e. The Morgan fingerprint density at radius 3 is 2.90 bits per heavy atom. The second-order valence-electron chi connectivity index (χ2n) is 4.20. The molecule has 0 saturated carbocycles. The van der Waals surface area contributed by atoms with Gasteiger partial charge < -0.3 is 4.74 Å². The number of aromatic amines is 1. The van der Waals surface area contributed by atoms with E-state index in [1.807, 2.05) is 0 Å². The summed E-state index contributed by atoms with van der Waals surface area (Å²) in [5, 5.41) is 6.18. The number of esters is 1. The smallest absolute Gasteiger partial charge is 0.337 e. The molecular weight excluding hydrogens is 296 g/mol. The molecule has 0 spiro atoms. The predicted octanol–water partition coefficient (Wildman–Crippen LogP) is 0.211. The Morgan fingerprint density at radius 2 is 2.24 bits per heavy atom. The van der Waals surface area contributed by atoms with Crippen molar-refractivity contribution < 1.29 is 17.9 Å². The van der Waals surface area contributed by atoms with Crippen molar-refractivity contribution in [1.82, 2.24) is 19.9 Å². The summed E-state index contributed by atoms with van der Waals surface area (Å²) in [6.45, 7) is 0.0268. The van der Waals surface area contributed by atoms with Gasteiger partial charge in [-0.15, -0.1) is 0 Å². The van der Waals surface area contributed by atoms with Crippen LogP contribution in [-0.2, 0) is 27.1 Å². The zero-order valence-corrected chi connectivity index (χ0v) is 12.1. The molecule has 1 aromatic heterocycles. The lowest BCUT2D eigenvalue weighted by atomic mass is 10.1. The average molecular weight is 310 g/mol. The highest BCUT2D eigenvalue weighted by atomic mass is 32.2. The molecule has 0 aliphatic carbocycles. The number of H-pyrrole nitrogens is 1. The van der Waals surface area contributed by atoms with Gasteiger partial charge in [-0.05, 0) is 17.7 Å². The van der Waals surface area contributed by atoms with Crippen LogP contribution in [0.3, 0.4) is 0 Å². The Morgan fingerprint density at radius 1 is 1.43 bits per heavy atom. The largest absolute Gasteiger partial charge is 0.465 e. The van der Waals surface area contributed by atoms with E-state index in [-0.39, 0.29) is 12.3 Å². The van der Waals surface area contributed by atoms with Crippen LogP contribution in [0.4, 0.5) is 0 Å². The van der Waals surface area contributed by atoms with Crippen molar-refractivity contribution >= 4 is 16.0 Å². The minimum Gasteiger partial charge on any atom is -0.465 e. The van der Waals surface area contributed by atoms with Crippen molar-refractivity contribution in [3.63, 3.8) is 0 Å².